The quantitative estimate of drug-likeness (QED) is 0.496. The van der Waals surface area contributed by atoms with E-state index in [1.165, 1.54) is 0 Å². The van der Waals surface area contributed by atoms with Gasteiger partial charge in [0.25, 0.3) is 0 Å². The van der Waals surface area contributed by atoms with E-state index < -0.39 is 0 Å². The smallest absolute Gasteiger partial charge is 0.238 e. The first kappa shape index (κ1) is 15.5. The second kappa shape index (κ2) is 5.62. The lowest BCUT2D eigenvalue weighted by atomic mass is 10.00. The molecule has 26 heavy (non-hydrogen) atoms. The van der Waals surface area contributed by atoms with Crippen molar-refractivity contribution in [2.45, 2.75) is 6.04 Å². The van der Waals surface area contributed by atoms with Crippen molar-refractivity contribution in [3.05, 3.63) is 75.9 Å². The molecular formula is C19H13Cl2N5. The number of rotatable bonds is 1. The van der Waals surface area contributed by atoms with Gasteiger partial charge in [0.05, 0.1) is 11.6 Å². The van der Waals surface area contributed by atoms with Crippen molar-refractivity contribution < 1.29 is 0 Å². The predicted molar refractivity (Wildman–Crippen MR) is 105 cm³/mol. The van der Waals surface area contributed by atoms with Gasteiger partial charge in [0.15, 0.2) is 0 Å². The van der Waals surface area contributed by atoms with E-state index in [0.717, 1.165) is 33.6 Å². The summed E-state index contributed by atoms with van der Waals surface area (Å²) in [6.07, 6.45) is 1.89. The highest BCUT2D eigenvalue weighted by atomic mass is 35.5. The highest BCUT2D eigenvalue weighted by Gasteiger charge is 2.27. The minimum absolute atomic E-state index is 0.147. The molecule has 4 aromatic rings. The van der Waals surface area contributed by atoms with Crippen LogP contribution < -0.4 is 11.1 Å². The van der Waals surface area contributed by atoms with Crippen molar-refractivity contribution in [2.75, 3.05) is 11.1 Å². The van der Waals surface area contributed by atoms with Gasteiger partial charge in [-0.05, 0) is 35.9 Å². The van der Waals surface area contributed by atoms with Crippen LogP contribution in [0.3, 0.4) is 0 Å². The fourth-order valence-electron chi connectivity index (χ4n) is 3.54. The first-order chi connectivity index (χ1) is 12.6. The van der Waals surface area contributed by atoms with Crippen molar-refractivity contribution in [1.29, 1.82) is 0 Å². The number of benzene rings is 2. The Morgan fingerprint density at radius 2 is 1.81 bits per heavy atom. The van der Waals surface area contributed by atoms with E-state index in [-0.39, 0.29) is 12.0 Å². The minimum Gasteiger partial charge on any atom is -0.374 e. The Morgan fingerprint density at radius 1 is 1.04 bits per heavy atom. The molecule has 0 spiro atoms. The fraction of sp³-hybridized carbons (Fsp3) is 0.0526. The largest absolute Gasteiger partial charge is 0.374 e. The molecule has 2 aromatic heterocycles. The summed E-state index contributed by atoms with van der Waals surface area (Å²) >= 11 is 12.5. The van der Waals surface area contributed by atoms with Gasteiger partial charge in [-0.2, -0.15) is 0 Å². The van der Waals surface area contributed by atoms with E-state index in [1.54, 1.807) is 10.6 Å². The minimum atomic E-state index is -0.147. The Hall–Kier alpha value is -2.76. The molecule has 0 saturated heterocycles. The maximum absolute atomic E-state index is 6.25. The molecule has 1 unspecified atom stereocenters. The molecule has 0 aliphatic carbocycles. The number of aromatic nitrogens is 3. The summed E-state index contributed by atoms with van der Waals surface area (Å²) in [5.41, 5.74) is 11.6. The second-order valence-corrected chi connectivity index (χ2v) is 7.08. The van der Waals surface area contributed by atoms with Crippen LogP contribution in [-0.2, 0) is 0 Å². The van der Waals surface area contributed by atoms with Gasteiger partial charge < -0.3 is 11.1 Å². The Kier molecular flexibility index (Phi) is 3.35. The molecule has 3 N–H and O–H groups in total. The SMILES string of the molecule is Nc1nc2c3c(ccn3n1)C(c1cc(Cl)cc(Cl)c1)Nc1ccccc1-2. The first-order valence-corrected chi connectivity index (χ1v) is 8.82. The Labute approximate surface area is 159 Å². The maximum Gasteiger partial charge on any atom is 0.238 e. The maximum atomic E-state index is 6.25. The molecule has 0 bridgehead atoms. The molecular weight excluding hydrogens is 369 g/mol. The average Bonchev–Trinajstić information content (AvgIpc) is 2.95. The number of nitrogen functional groups attached to an aromatic ring is 1. The second-order valence-electron chi connectivity index (χ2n) is 6.21. The van der Waals surface area contributed by atoms with Crippen LogP contribution in [0.25, 0.3) is 16.8 Å². The average molecular weight is 382 g/mol. The van der Waals surface area contributed by atoms with E-state index in [2.05, 4.69) is 15.4 Å². The van der Waals surface area contributed by atoms with Crippen LogP contribution >= 0.6 is 23.2 Å². The summed E-state index contributed by atoms with van der Waals surface area (Å²) in [6, 6.07) is 15.4. The normalized spacial score (nSPS) is 15.4. The molecule has 5 nitrogen and oxygen atoms in total. The van der Waals surface area contributed by atoms with E-state index in [0.29, 0.717) is 10.0 Å². The zero-order valence-corrected chi connectivity index (χ0v) is 15.0. The van der Waals surface area contributed by atoms with Gasteiger partial charge in [-0.1, -0.05) is 41.4 Å². The van der Waals surface area contributed by atoms with Gasteiger partial charge in [0.2, 0.25) is 5.95 Å². The molecule has 1 aliphatic rings. The highest BCUT2D eigenvalue weighted by Crippen LogP contribution is 2.42. The third-order valence-corrected chi connectivity index (χ3v) is 5.01. The monoisotopic (exact) mass is 381 g/mol. The van der Waals surface area contributed by atoms with Crippen LogP contribution in [0.4, 0.5) is 11.6 Å². The van der Waals surface area contributed by atoms with Gasteiger partial charge in [0, 0.05) is 33.1 Å². The van der Waals surface area contributed by atoms with Crippen LogP contribution in [0.2, 0.25) is 10.0 Å². The lowest BCUT2D eigenvalue weighted by Crippen LogP contribution is -2.11. The number of para-hydroxylation sites is 1. The third kappa shape index (κ3) is 2.32. The molecule has 5 rings (SSSR count). The van der Waals surface area contributed by atoms with Gasteiger partial charge in [-0.25, -0.2) is 9.50 Å². The zero-order chi connectivity index (χ0) is 17.8. The summed E-state index contributed by atoms with van der Waals surface area (Å²) in [5, 5.41) is 9.11. The third-order valence-electron chi connectivity index (χ3n) is 4.57. The van der Waals surface area contributed by atoms with Crippen LogP contribution in [0.1, 0.15) is 17.2 Å². The molecule has 1 aliphatic heterocycles. The van der Waals surface area contributed by atoms with Gasteiger partial charge in [-0.15, -0.1) is 5.10 Å². The predicted octanol–water partition coefficient (Wildman–Crippen LogP) is 4.80. The van der Waals surface area contributed by atoms with E-state index in [9.17, 15) is 0 Å². The number of anilines is 2. The van der Waals surface area contributed by atoms with Crippen molar-refractivity contribution >= 4 is 40.4 Å². The van der Waals surface area contributed by atoms with E-state index >= 15 is 0 Å². The Morgan fingerprint density at radius 3 is 2.62 bits per heavy atom. The number of nitrogens with two attached hydrogens (primary N) is 1. The van der Waals surface area contributed by atoms with E-state index in [1.807, 2.05) is 48.7 Å². The number of halogens is 2. The van der Waals surface area contributed by atoms with Crippen LogP contribution in [0.5, 0.6) is 0 Å². The summed E-state index contributed by atoms with van der Waals surface area (Å²) in [7, 11) is 0. The number of nitrogens with one attached hydrogen (secondary N) is 1. The number of nitrogens with zero attached hydrogens (tertiary/aromatic N) is 3. The molecule has 0 saturated carbocycles. The molecule has 0 amide bonds. The molecule has 0 fully saturated rings. The van der Waals surface area contributed by atoms with Gasteiger partial charge in [-0.3, -0.25) is 0 Å². The fourth-order valence-corrected chi connectivity index (χ4v) is 4.08. The summed E-state index contributed by atoms with van der Waals surface area (Å²) in [6.45, 7) is 0. The van der Waals surface area contributed by atoms with Crippen molar-refractivity contribution in [3.8, 4) is 11.3 Å². The van der Waals surface area contributed by atoms with Crippen LogP contribution in [-0.4, -0.2) is 14.6 Å². The molecule has 2 aromatic carbocycles. The molecule has 0 radical (unpaired) electrons. The van der Waals surface area contributed by atoms with Gasteiger partial charge >= 0.3 is 0 Å². The van der Waals surface area contributed by atoms with E-state index in [4.69, 9.17) is 28.9 Å². The molecule has 1 atom stereocenters. The Bertz CT molecular complexity index is 1150. The lowest BCUT2D eigenvalue weighted by molar-refractivity contribution is 0.911. The molecule has 128 valence electrons. The van der Waals surface area contributed by atoms with Crippen LogP contribution in [0.15, 0.2) is 54.7 Å². The zero-order valence-electron chi connectivity index (χ0n) is 13.4. The highest BCUT2D eigenvalue weighted by molar-refractivity contribution is 6.34. The summed E-state index contributed by atoms with van der Waals surface area (Å²) in [4.78, 5) is 4.52. The topological polar surface area (TPSA) is 68.2 Å². The Balaban J connectivity index is 1.86. The summed E-state index contributed by atoms with van der Waals surface area (Å²) in [5.74, 6) is 0.230. The number of hydrogen-bond acceptors (Lipinski definition) is 4. The molecule has 7 heteroatoms. The van der Waals surface area contributed by atoms with Gasteiger partial charge in [0.1, 0.15) is 5.69 Å². The number of fused-ring (bicyclic) bond motifs is 2. The standard InChI is InChI=1S/C19H13Cl2N5/c20-11-7-10(8-12(21)9-11)16-14-5-6-26-18(14)17(24-19(22)25-26)13-3-1-2-4-15(13)23-16/h1-9,16,23H,(H2,22,25). The van der Waals surface area contributed by atoms with Crippen molar-refractivity contribution in [2.24, 2.45) is 0 Å². The van der Waals surface area contributed by atoms with Crippen molar-refractivity contribution in [3.63, 3.8) is 0 Å². The van der Waals surface area contributed by atoms with Crippen molar-refractivity contribution in [1.82, 2.24) is 14.6 Å². The lowest BCUT2D eigenvalue weighted by Gasteiger charge is -2.20. The molecule has 3 heterocycles. The van der Waals surface area contributed by atoms with Crippen LogP contribution in [0, 0.1) is 0 Å². The first-order valence-electron chi connectivity index (χ1n) is 8.07. The summed E-state index contributed by atoms with van der Waals surface area (Å²) < 4.78 is 1.77. The number of hydrogen-bond donors (Lipinski definition) is 2.